The molecule has 0 saturated carbocycles. The number of carbonyl (C=O) groups is 2. The Labute approximate surface area is 106 Å². The van der Waals surface area contributed by atoms with Crippen LogP contribution in [0.25, 0.3) is 0 Å². The lowest BCUT2D eigenvalue weighted by Crippen LogP contribution is -2.61. The predicted octanol–water partition coefficient (Wildman–Crippen LogP) is 0.707. The van der Waals surface area contributed by atoms with Crippen LogP contribution in [0.15, 0.2) is 24.5 Å². The molecule has 0 radical (unpaired) electrons. The Morgan fingerprint density at radius 3 is 2.61 bits per heavy atom. The van der Waals surface area contributed by atoms with Crippen molar-refractivity contribution in [3.8, 4) is 0 Å². The molecule has 1 aliphatic rings. The fourth-order valence-electron chi connectivity index (χ4n) is 2.06. The molecular formula is C13H17N3O2. The predicted molar refractivity (Wildman–Crippen MR) is 66.5 cm³/mol. The van der Waals surface area contributed by atoms with Crippen LogP contribution >= 0.6 is 0 Å². The molecule has 1 aromatic heterocycles. The minimum Gasteiger partial charge on any atom is -0.343 e. The quantitative estimate of drug-likeness (QED) is 0.855. The molecule has 2 unspecified atom stereocenters. The third-order valence-electron chi connectivity index (χ3n) is 3.26. The molecule has 0 bridgehead atoms. The van der Waals surface area contributed by atoms with E-state index < -0.39 is 12.1 Å². The van der Waals surface area contributed by atoms with Crippen molar-refractivity contribution in [1.82, 2.24) is 15.2 Å². The summed E-state index contributed by atoms with van der Waals surface area (Å²) < 4.78 is 0. The molecule has 5 nitrogen and oxygen atoms in total. The third-order valence-corrected chi connectivity index (χ3v) is 3.26. The van der Waals surface area contributed by atoms with Gasteiger partial charge in [-0.15, -0.1) is 0 Å². The fourth-order valence-corrected chi connectivity index (χ4v) is 2.06. The molecule has 2 heterocycles. The molecule has 5 heteroatoms. The molecule has 0 aromatic carbocycles. The lowest BCUT2D eigenvalue weighted by molar-refractivity contribution is -0.149. The summed E-state index contributed by atoms with van der Waals surface area (Å²) in [6.07, 6.45) is 3.99. The Bertz CT molecular complexity index is 447. The standard InChI is InChI=1S/C13H17N3O2/c1-3-11-13(18)16(9(2)12(17)15-11)8-10-4-6-14-7-5-10/h4-7,9,11H,3,8H2,1-2H3,(H,15,17). The highest BCUT2D eigenvalue weighted by Crippen LogP contribution is 2.15. The van der Waals surface area contributed by atoms with Gasteiger partial charge in [0.1, 0.15) is 12.1 Å². The first-order valence-electron chi connectivity index (χ1n) is 6.13. The van der Waals surface area contributed by atoms with E-state index in [1.54, 1.807) is 24.2 Å². The minimum atomic E-state index is -0.423. The maximum absolute atomic E-state index is 12.2. The maximum atomic E-state index is 12.2. The van der Waals surface area contributed by atoms with Crippen molar-refractivity contribution in [2.24, 2.45) is 0 Å². The van der Waals surface area contributed by atoms with Crippen LogP contribution in [0.2, 0.25) is 0 Å². The van der Waals surface area contributed by atoms with Gasteiger partial charge >= 0.3 is 0 Å². The summed E-state index contributed by atoms with van der Waals surface area (Å²) in [4.78, 5) is 29.6. The Morgan fingerprint density at radius 2 is 2.00 bits per heavy atom. The monoisotopic (exact) mass is 247 g/mol. The van der Waals surface area contributed by atoms with E-state index in [1.807, 2.05) is 19.1 Å². The zero-order valence-corrected chi connectivity index (χ0v) is 10.6. The van der Waals surface area contributed by atoms with Gasteiger partial charge < -0.3 is 10.2 Å². The van der Waals surface area contributed by atoms with Crippen LogP contribution in [0.4, 0.5) is 0 Å². The molecule has 1 aromatic rings. The lowest BCUT2D eigenvalue weighted by atomic mass is 10.1. The van der Waals surface area contributed by atoms with E-state index in [2.05, 4.69) is 10.3 Å². The van der Waals surface area contributed by atoms with Crippen LogP contribution in [0.5, 0.6) is 0 Å². The highest BCUT2D eigenvalue weighted by molar-refractivity contribution is 5.96. The van der Waals surface area contributed by atoms with Crippen LogP contribution in [0, 0.1) is 0 Å². The average Bonchev–Trinajstić information content (AvgIpc) is 2.40. The van der Waals surface area contributed by atoms with Crippen molar-refractivity contribution in [2.75, 3.05) is 0 Å². The molecular weight excluding hydrogens is 230 g/mol. The summed E-state index contributed by atoms with van der Waals surface area (Å²) in [7, 11) is 0. The van der Waals surface area contributed by atoms with Crippen molar-refractivity contribution in [3.05, 3.63) is 30.1 Å². The molecule has 2 amide bonds. The van der Waals surface area contributed by atoms with E-state index in [0.29, 0.717) is 13.0 Å². The second-order valence-electron chi connectivity index (χ2n) is 4.47. The summed E-state index contributed by atoms with van der Waals surface area (Å²) in [5, 5.41) is 2.74. The largest absolute Gasteiger partial charge is 0.343 e. The number of carbonyl (C=O) groups excluding carboxylic acids is 2. The second kappa shape index (κ2) is 5.16. The van der Waals surface area contributed by atoms with Gasteiger partial charge in [0.2, 0.25) is 11.8 Å². The van der Waals surface area contributed by atoms with Gasteiger partial charge in [0, 0.05) is 18.9 Å². The van der Waals surface area contributed by atoms with Gasteiger partial charge in [-0.2, -0.15) is 0 Å². The molecule has 0 aliphatic carbocycles. The second-order valence-corrected chi connectivity index (χ2v) is 4.47. The highest BCUT2D eigenvalue weighted by Gasteiger charge is 2.36. The maximum Gasteiger partial charge on any atom is 0.246 e. The summed E-state index contributed by atoms with van der Waals surface area (Å²) in [6, 6.07) is 2.89. The average molecular weight is 247 g/mol. The Morgan fingerprint density at radius 1 is 1.33 bits per heavy atom. The highest BCUT2D eigenvalue weighted by atomic mass is 16.2. The molecule has 1 fully saturated rings. The first-order chi connectivity index (χ1) is 8.63. The topological polar surface area (TPSA) is 62.3 Å². The number of amides is 2. The van der Waals surface area contributed by atoms with Crippen LogP contribution < -0.4 is 5.32 Å². The summed E-state index contributed by atoms with van der Waals surface area (Å²) >= 11 is 0. The smallest absolute Gasteiger partial charge is 0.246 e. The molecule has 1 saturated heterocycles. The summed E-state index contributed by atoms with van der Waals surface area (Å²) in [6.45, 7) is 4.09. The van der Waals surface area contributed by atoms with Crippen molar-refractivity contribution in [2.45, 2.75) is 38.9 Å². The first kappa shape index (κ1) is 12.5. The van der Waals surface area contributed by atoms with Crippen molar-refractivity contribution < 1.29 is 9.59 Å². The zero-order valence-electron chi connectivity index (χ0n) is 10.6. The van der Waals surface area contributed by atoms with Crippen molar-refractivity contribution >= 4 is 11.8 Å². The van der Waals surface area contributed by atoms with Gasteiger partial charge in [-0.3, -0.25) is 14.6 Å². The number of aromatic nitrogens is 1. The number of nitrogens with one attached hydrogen (secondary N) is 1. The number of pyridine rings is 1. The molecule has 0 spiro atoms. The van der Waals surface area contributed by atoms with Gasteiger partial charge in [-0.1, -0.05) is 6.92 Å². The number of rotatable bonds is 3. The van der Waals surface area contributed by atoms with E-state index in [9.17, 15) is 9.59 Å². The zero-order chi connectivity index (χ0) is 13.1. The molecule has 1 aliphatic heterocycles. The Kier molecular flexibility index (Phi) is 3.60. The van der Waals surface area contributed by atoms with E-state index in [0.717, 1.165) is 5.56 Å². The fraction of sp³-hybridized carbons (Fsp3) is 0.462. The van der Waals surface area contributed by atoms with Crippen molar-refractivity contribution in [1.29, 1.82) is 0 Å². The normalized spacial score (nSPS) is 24.0. The van der Waals surface area contributed by atoms with Crippen molar-refractivity contribution in [3.63, 3.8) is 0 Å². The van der Waals surface area contributed by atoms with Crippen LogP contribution in [-0.2, 0) is 16.1 Å². The summed E-state index contributed by atoms with van der Waals surface area (Å²) in [5.41, 5.74) is 0.981. The van der Waals surface area contributed by atoms with Crippen LogP contribution in [-0.4, -0.2) is 33.8 Å². The molecule has 1 N–H and O–H groups in total. The van der Waals surface area contributed by atoms with Crippen LogP contribution in [0.3, 0.4) is 0 Å². The number of piperazine rings is 1. The molecule has 2 rings (SSSR count). The summed E-state index contributed by atoms with van der Waals surface area (Å²) in [5.74, 6) is -0.100. The Balaban J connectivity index is 2.18. The SMILES string of the molecule is CCC1NC(=O)C(C)N(Cc2ccncc2)C1=O. The Hall–Kier alpha value is -1.91. The van der Waals surface area contributed by atoms with Gasteiger partial charge in [-0.25, -0.2) is 0 Å². The molecule has 2 atom stereocenters. The molecule has 96 valence electrons. The van der Waals surface area contributed by atoms with Gasteiger partial charge in [0.25, 0.3) is 0 Å². The third kappa shape index (κ3) is 2.34. The van der Waals surface area contributed by atoms with Gasteiger partial charge in [0.05, 0.1) is 0 Å². The lowest BCUT2D eigenvalue weighted by Gasteiger charge is -2.37. The van der Waals surface area contributed by atoms with Crippen LogP contribution in [0.1, 0.15) is 25.8 Å². The van der Waals surface area contributed by atoms with E-state index in [1.165, 1.54) is 0 Å². The first-order valence-corrected chi connectivity index (χ1v) is 6.13. The molecule has 18 heavy (non-hydrogen) atoms. The van der Waals surface area contributed by atoms with E-state index >= 15 is 0 Å². The van der Waals surface area contributed by atoms with E-state index in [-0.39, 0.29) is 11.8 Å². The van der Waals surface area contributed by atoms with Gasteiger partial charge in [-0.05, 0) is 31.0 Å². The minimum absolute atomic E-state index is 0.0126. The number of hydrogen-bond acceptors (Lipinski definition) is 3. The number of nitrogens with zero attached hydrogens (tertiary/aromatic N) is 2. The van der Waals surface area contributed by atoms with Gasteiger partial charge in [0.15, 0.2) is 0 Å². The number of hydrogen-bond donors (Lipinski definition) is 1. The van der Waals surface area contributed by atoms with E-state index in [4.69, 9.17) is 0 Å².